The van der Waals surface area contributed by atoms with Gasteiger partial charge in [0.05, 0.1) is 31.5 Å². The van der Waals surface area contributed by atoms with E-state index in [2.05, 4.69) is 5.32 Å². The van der Waals surface area contributed by atoms with E-state index in [9.17, 15) is 40.9 Å². The smallest absolute Gasteiger partial charge is 0.314 e. The van der Waals surface area contributed by atoms with E-state index < -0.39 is 111 Å². The molecule has 16 atom stereocenters. The summed E-state index contributed by atoms with van der Waals surface area (Å²) in [6, 6.07) is -2.50. The van der Waals surface area contributed by atoms with Gasteiger partial charge in [0.2, 0.25) is 0 Å². The van der Waals surface area contributed by atoms with Crippen LogP contribution in [0.1, 0.15) is 6.42 Å². The molecule has 16 heteroatoms. The molecule has 4 aliphatic rings. The summed E-state index contributed by atoms with van der Waals surface area (Å²) in [7, 11) is 1.60. The van der Waals surface area contributed by atoms with Gasteiger partial charge in [-0.1, -0.05) is 0 Å². The van der Waals surface area contributed by atoms with Crippen LogP contribution in [0.3, 0.4) is 0 Å². The lowest BCUT2D eigenvalue weighted by molar-refractivity contribution is -0.439. The molecule has 0 bridgehead atoms. The van der Waals surface area contributed by atoms with Crippen LogP contribution in [0.15, 0.2) is 0 Å². The number of nitrogens with two attached hydrogens (primary N) is 2. The molecule has 210 valence electrons. The maximum absolute atomic E-state index is 10.7. The largest absolute Gasteiger partial charge is 0.395 e. The van der Waals surface area contributed by atoms with Gasteiger partial charge in [0.25, 0.3) is 0 Å². The summed E-state index contributed by atoms with van der Waals surface area (Å²) in [6.07, 6.45) is -17.7. The van der Waals surface area contributed by atoms with Gasteiger partial charge in [-0.3, -0.25) is 0 Å². The van der Waals surface area contributed by atoms with E-state index >= 15 is 0 Å². The summed E-state index contributed by atoms with van der Waals surface area (Å²) in [5.41, 5.74) is 11.8. The van der Waals surface area contributed by atoms with E-state index in [1.54, 1.807) is 7.05 Å². The van der Waals surface area contributed by atoms with Gasteiger partial charge in [-0.25, -0.2) is 0 Å². The minimum atomic E-state index is -2.48. The van der Waals surface area contributed by atoms with Crippen molar-refractivity contribution >= 4 is 0 Å². The molecule has 4 rings (SSSR count). The monoisotopic (exact) mass is 527 g/mol. The van der Waals surface area contributed by atoms with Gasteiger partial charge in [-0.05, 0) is 13.5 Å². The normalized spacial score (nSPS) is 54.4. The number of hydrogen-bond acceptors (Lipinski definition) is 16. The van der Waals surface area contributed by atoms with Crippen molar-refractivity contribution in [1.29, 1.82) is 0 Å². The van der Waals surface area contributed by atoms with Crippen molar-refractivity contribution in [3.63, 3.8) is 0 Å². The van der Waals surface area contributed by atoms with Crippen LogP contribution in [0.5, 0.6) is 0 Å². The number of hydrogen-bond donors (Lipinski definition) is 11. The summed E-state index contributed by atoms with van der Waals surface area (Å²) in [5, 5.41) is 85.6. The Bertz CT molecular complexity index is 756. The second-order valence-corrected chi connectivity index (χ2v) is 9.72. The molecule has 1 spiro atoms. The lowest BCUT2D eigenvalue weighted by Gasteiger charge is -2.46. The molecule has 1 aliphatic carbocycles. The Morgan fingerprint density at radius 1 is 0.944 bits per heavy atom. The average molecular weight is 528 g/mol. The van der Waals surface area contributed by atoms with Crippen LogP contribution >= 0.6 is 0 Å². The fraction of sp³-hybridized carbons (Fsp3) is 1.00. The lowest BCUT2D eigenvalue weighted by atomic mass is 9.84. The van der Waals surface area contributed by atoms with Gasteiger partial charge >= 0.3 is 5.97 Å². The fourth-order valence-electron chi connectivity index (χ4n) is 5.23. The zero-order valence-electron chi connectivity index (χ0n) is 19.6. The standard InChI is InChI=1S/C20H37N3O13/c1-23-7-2-5(21)9(26)15(10(7)27)33-19-17-16(11(28)8(4-25)32-19)35-20(36-17)18(31)13(30)12(29)14(34-20)6(22)3-24/h5-19,23-31H,2-4,21-22H2,1H3/t5-,6?,7+,8-,9+,10-,11+,12-,13+,14-,15-,16+,17+,18-,19+,20-/m1/s1. The van der Waals surface area contributed by atoms with Crippen molar-refractivity contribution in [3.8, 4) is 0 Å². The van der Waals surface area contributed by atoms with E-state index in [4.69, 9.17) is 35.2 Å². The number of fused-ring (bicyclic) bond motifs is 1. The number of rotatable bonds is 6. The van der Waals surface area contributed by atoms with E-state index in [-0.39, 0.29) is 6.42 Å². The van der Waals surface area contributed by atoms with Gasteiger partial charge in [0.1, 0.15) is 48.8 Å². The molecular weight excluding hydrogens is 490 g/mol. The van der Waals surface area contributed by atoms with Crippen molar-refractivity contribution in [1.82, 2.24) is 5.32 Å². The van der Waals surface area contributed by atoms with Crippen molar-refractivity contribution in [2.75, 3.05) is 20.3 Å². The molecule has 0 aromatic heterocycles. The maximum atomic E-state index is 10.7. The Morgan fingerprint density at radius 2 is 1.61 bits per heavy atom. The molecule has 0 aromatic carbocycles. The number of aliphatic hydroxyl groups excluding tert-OH is 8. The van der Waals surface area contributed by atoms with E-state index in [1.165, 1.54) is 0 Å². The zero-order chi connectivity index (χ0) is 26.5. The summed E-state index contributed by atoms with van der Waals surface area (Å²) in [6.45, 7) is -1.33. The molecule has 3 aliphatic heterocycles. The second kappa shape index (κ2) is 10.9. The highest BCUT2D eigenvalue weighted by atomic mass is 16.9. The molecular formula is C20H37N3O13. The third-order valence-corrected chi connectivity index (χ3v) is 7.42. The first-order valence-electron chi connectivity index (χ1n) is 11.8. The predicted octanol–water partition coefficient (Wildman–Crippen LogP) is -7.27. The molecule has 3 heterocycles. The topological polar surface area (TPSA) is 272 Å². The van der Waals surface area contributed by atoms with Crippen LogP contribution < -0.4 is 16.8 Å². The van der Waals surface area contributed by atoms with Crippen LogP contribution in [-0.4, -0.2) is 159 Å². The first-order chi connectivity index (χ1) is 17.0. The highest BCUT2D eigenvalue weighted by Crippen LogP contribution is 2.45. The Balaban J connectivity index is 1.62. The van der Waals surface area contributed by atoms with Gasteiger partial charge in [-0.2, -0.15) is 0 Å². The molecule has 36 heavy (non-hydrogen) atoms. The molecule has 1 unspecified atom stereocenters. The molecule has 0 aromatic rings. The van der Waals surface area contributed by atoms with Crippen LogP contribution in [0, 0.1) is 0 Å². The van der Waals surface area contributed by atoms with Crippen molar-refractivity contribution in [3.05, 3.63) is 0 Å². The second-order valence-electron chi connectivity index (χ2n) is 9.72. The van der Waals surface area contributed by atoms with Gasteiger partial charge < -0.3 is 81.3 Å². The molecule has 1 saturated carbocycles. The van der Waals surface area contributed by atoms with Crippen LogP contribution in [0.2, 0.25) is 0 Å². The predicted molar refractivity (Wildman–Crippen MR) is 115 cm³/mol. The Kier molecular flexibility index (Phi) is 8.55. The molecule has 13 N–H and O–H groups in total. The van der Waals surface area contributed by atoms with Crippen LogP contribution in [0.4, 0.5) is 0 Å². The van der Waals surface area contributed by atoms with Crippen LogP contribution in [0.25, 0.3) is 0 Å². The molecule has 0 radical (unpaired) electrons. The summed E-state index contributed by atoms with van der Waals surface area (Å²) in [4.78, 5) is 0. The molecule has 4 fully saturated rings. The highest BCUT2D eigenvalue weighted by Gasteiger charge is 2.67. The van der Waals surface area contributed by atoms with Crippen molar-refractivity contribution in [2.45, 2.75) is 104 Å². The van der Waals surface area contributed by atoms with Crippen molar-refractivity contribution in [2.24, 2.45) is 11.5 Å². The van der Waals surface area contributed by atoms with Gasteiger partial charge in [-0.15, -0.1) is 0 Å². The van der Waals surface area contributed by atoms with Crippen molar-refractivity contribution < 1.29 is 64.5 Å². The number of nitrogens with one attached hydrogen (secondary N) is 1. The Hall–Kier alpha value is -0.640. The highest BCUT2D eigenvalue weighted by molar-refractivity contribution is 5.05. The Morgan fingerprint density at radius 3 is 2.22 bits per heavy atom. The third kappa shape index (κ3) is 4.68. The van der Waals surface area contributed by atoms with E-state index in [0.29, 0.717) is 0 Å². The quantitative estimate of drug-likeness (QED) is 0.153. The fourth-order valence-corrected chi connectivity index (χ4v) is 5.23. The lowest BCUT2D eigenvalue weighted by Crippen LogP contribution is -2.69. The number of ether oxygens (including phenoxy) is 5. The Labute approximate surface area is 206 Å². The summed E-state index contributed by atoms with van der Waals surface area (Å²) < 4.78 is 28.7. The number of aliphatic hydroxyl groups is 8. The minimum absolute atomic E-state index is 0.254. The molecule has 0 amide bonds. The SMILES string of the molecule is CN[C@H]1C[C@@H](N)[C@H](O)[C@@H](O[C@@H]2O[C@H](CO)[C@H](O)[C@@H]3O[C@]4(O[C@H]23)O[C@H](C(N)CO)[C@H](O)[C@H](O)[C@H]4O)[C@@H]1O. The van der Waals surface area contributed by atoms with Crippen LogP contribution in [-0.2, 0) is 23.7 Å². The molecule has 16 nitrogen and oxygen atoms in total. The first-order valence-corrected chi connectivity index (χ1v) is 11.8. The van der Waals surface area contributed by atoms with Gasteiger partial charge in [0, 0.05) is 12.1 Å². The van der Waals surface area contributed by atoms with Gasteiger partial charge in [0.15, 0.2) is 12.4 Å². The molecule has 3 saturated heterocycles. The zero-order valence-corrected chi connectivity index (χ0v) is 19.6. The average Bonchev–Trinajstić information content (AvgIpc) is 3.27. The summed E-state index contributed by atoms with van der Waals surface area (Å²) in [5.74, 6) is -2.48. The third-order valence-electron chi connectivity index (χ3n) is 7.42. The minimum Gasteiger partial charge on any atom is -0.395 e. The van der Waals surface area contributed by atoms with E-state index in [1.807, 2.05) is 0 Å². The number of likely N-dealkylation sites (N-methyl/N-ethyl adjacent to an activating group) is 1. The van der Waals surface area contributed by atoms with E-state index in [0.717, 1.165) is 0 Å². The maximum Gasteiger partial charge on any atom is 0.314 e. The first kappa shape index (κ1) is 28.4. The summed E-state index contributed by atoms with van der Waals surface area (Å²) >= 11 is 0.